The highest BCUT2D eigenvalue weighted by Crippen LogP contribution is 2.35. The van der Waals surface area contributed by atoms with Gasteiger partial charge in [0.25, 0.3) is 0 Å². The van der Waals surface area contributed by atoms with Crippen molar-refractivity contribution in [2.45, 2.75) is 24.3 Å². The molecular weight excluding hydrogens is 396 g/mol. The standard InChI is InChI=1S/C17H18N4O2.C6H6S/c1-11(22)21-17(14-4-2-3-5-15(14)20-23)10-16(19-21)12-6-8-13(18)9-7-12;7-6-4-2-1-3-5-6/h2-9,17,20,23H,10,18H2,1H3;1-5,7H/p+1. The summed E-state index contributed by atoms with van der Waals surface area (Å²) in [7, 11) is 0. The predicted octanol–water partition coefficient (Wildman–Crippen LogP) is 3.53. The Hall–Kier alpha value is -3.13. The minimum Gasteiger partial charge on any atom is -0.399 e. The maximum Gasteiger partial charge on any atom is 0.240 e. The highest BCUT2D eigenvalue weighted by atomic mass is 32.1. The molecule has 3 aromatic carbocycles. The highest BCUT2D eigenvalue weighted by molar-refractivity contribution is 7.80. The van der Waals surface area contributed by atoms with E-state index in [9.17, 15) is 10.0 Å². The molecule has 3 aromatic rings. The first-order chi connectivity index (χ1) is 14.5. The molecule has 6 nitrogen and oxygen atoms in total. The van der Waals surface area contributed by atoms with E-state index < -0.39 is 0 Å². The van der Waals surface area contributed by atoms with Gasteiger partial charge in [-0.05, 0) is 29.8 Å². The molecule has 0 spiro atoms. The average molecular weight is 422 g/mol. The molecule has 154 valence electrons. The third-order valence-corrected chi connectivity index (χ3v) is 5.03. The lowest BCUT2D eigenvalue weighted by atomic mass is 9.97. The van der Waals surface area contributed by atoms with Crippen molar-refractivity contribution in [3.63, 3.8) is 0 Å². The van der Waals surface area contributed by atoms with Crippen LogP contribution in [0.25, 0.3) is 0 Å². The summed E-state index contributed by atoms with van der Waals surface area (Å²) in [5.74, 6) is -0.131. The van der Waals surface area contributed by atoms with Crippen LogP contribution in [-0.2, 0) is 4.79 Å². The number of nitrogens with two attached hydrogens (primary N) is 2. The smallest absolute Gasteiger partial charge is 0.240 e. The Labute approximate surface area is 181 Å². The Balaban J connectivity index is 0.000000310. The quantitative estimate of drug-likeness (QED) is 0.296. The second-order valence-electron chi connectivity index (χ2n) is 6.85. The molecule has 1 amide bonds. The molecule has 0 aromatic heterocycles. The fourth-order valence-electron chi connectivity index (χ4n) is 3.25. The van der Waals surface area contributed by atoms with Crippen molar-refractivity contribution in [3.8, 4) is 0 Å². The highest BCUT2D eigenvalue weighted by Gasteiger charge is 2.33. The number of anilines is 1. The van der Waals surface area contributed by atoms with Gasteiger partial charge in [0, 0.05) is 35.6 Å². The summed E-state index contributed by atoms with van der Waals surface area (Å²) in [4.78, 5) is 13.0. The zero-order valence-corrected chi connectivity index (χ0v) is 17.5. The van der Waals surface area contributed by atoms with Gasteiger partial charge in [-0.3, -0.25) is 4.79 Å². The number of nitrogens with zero attached hydrogens (tertiary/aromatic N) is 2. The van der Waals surface area contributed by atoms with Crippen molar-refractivity contribution in [2.24, 2.45) is 5.10 Å². The number of hydrogen-bond donors (Lipinski definition) is 4. The Morgan fingerprint density at radius 1 is 1.07 bits per heavy atom. The molecule has 0 fully saturated rings. The molecule has 0 saturated carbocycles. The molecular formula is C23H25N4O2S+. The zero-order chi connectivity index (χ0) is 21.5. The van der Waals surface area contributed by atoms with Gasteiger partial charge in [-0.2, -0.15) is 10.6 Å². The van der Waals surface area contributed by atoms with Gasteiger partial charge in [-0.25, -0.2) is 10.2 Å². The molecule has 0 saturated heterocycles. The van der Waals surface area contributed by atoms with E-state index in [1.807, 2.05) is 78.9 Å². The Morgan fingerprint density at radius 2 is 1.70 bits per heavy atom. The van der Waals surface area contributed by atoms with E-state index in [0.29, 0.717) is 17.8 Å². The van der Waals surface area contributed by atoms with Crippen molar-refractivity contribution < 1.29 is 15.5 Å². The van der Waals surface area contributed by atoms with E-state index in [-0.39, 0.29) is 11.9 Å². The second kappa shape index (κ2) is 10.1. The van der Waals surface area contributed by atoms with Crippen LogP contribution in [0.5, 0.6) is 0 Å². The van der Waals surface area contributed by atoms with Gasteiger partial charge in [-0.15, -0.1) is 12.6 Å². The van der Waals surface area contributed by atoms with E-state index in [2.05, 4.69) is 17.7 Å². The van der Waals surface area contributed by atoms with E-state index in [4.69, 9.17) is 5.73 Å². The number of amides is 1. The normalized spacial score (nSPS) is 15.2. The van der Waals surface area contributed by atoms with Crippen LogP contribution in [0.2, 0.25) is 0 Å². The summed E-state index contributed by atoms with van der Waals surface area (Å²) in [6.07, 6.45) is 0.592. The fourth-order valence-corrected chi connectivity index (χ4v) is 3.42. The first-order valence-corrected chi connectivity index (χ1v) is 9.98. The van der Waals surface area contributed by atoms with Gasteiger partial charge in [-0.1, -0.05) is 48.5 Å². The molecule has 1 aliphatic heterocycles. The van der Waals surface area contributed by atoms with Crippen molar-refractivity contribution in [1.29, 1.82) is 0 Å². The minimum absolute atomic E-state index is 0.131. The number of hydrogen-bond acceptors (Lipinski definition) is 5. The molecule has 4 rings (SSSR count). The third kappa shape index (κ3) is 5.27. The maximum absolute atomic E-state index is 12.0. The molecule has 1 heterocycles. The molecule has 0 radical (unpaired) electrons. The van der Waals surface area contributed by atoms with Crippen molar-refractivity contribution >= 4 is 35.6 Å². The van der Waals surface area contributed by atoms with Gasteiger partial charge in [0.15, 0.2) is 5.69 Å². The summed E-state index contributed by atoms with van der Waals surface area (Å²) in [6.45, 7) is 1.49. The van der Waals surface area contributed by atoms with Crippen molar-refractivity contribution in [3.05, 3.63) is 90.0 Å². The summed E-state index contributed by atoms with van der Waals surface area (Å²) in [6, 6.07) is 24.5. The molecule has 1 unspecified atom stereocenters. The fraction of sp³-hybridized carbons (Fsp3) is 0.130. The van der Waals surface area contributed by atoms with Crippen LogP contribution in [0.3, 0.4) is 0 Å². The van der Waals surface area contributed by atoms with Crippen LogP contribution in [0.1, 0.15) is 30.5 Å². The van der Waals surface area contributed by atoms with Crippen LogP contribution < -0.4 is 11.2 Å². The molecule has 7 heteroatoms. The zero-order valence-electron chi connectivity index (χ0n) is 16.6. The molecule has 1 atom stereocenters. The van der Waals surface area contributed by atoms with Crippen LogP contribution in [-0.4, -0.2) is 21.8 Å². The average Bonchev–Trinajstić information content (AvgIpc) is 3.21. The minimum atomic E-state index is -0.223. The van der Waals surface area contributed by atoms with E-state index >= 15 is 0 Å². The van der Waals surface area contributed by atoms with Crippen LogP contribution >= 0.6 is 12.6 Å². The van der Waals surface area contributed by atoms with Gasteiger partial charge < -0.3 is 5.73 Å². The predicted molar refractivity (Wildman–Crippen MR) is 121 cm³/mol. The maximum atomic E-state index is 12.0. The number of carbonyl (C=O) groups is 1. The molecule has 0 bridgehead atoms. The number of thiol groups is 1. The SMILES string of the molecule is CC(=O)N1N=C(c2ccc(N)cc2)CC1c1ccccc1[NH2+]O.Sc1ccccc1. The number of nitrogen functional groups attached to an aromatic ring is 1. The molecule has 5 N–H and O–H groups in total. The topological polar surface area (TPSA) is 95.5 Å². The number of quaternary nitrogens is 1. The number of rotatable bonds is 3. The number of carbonyl (C=O) groups excluding carboxylic acids is 1. The van der Waals surface area contributed by atoms with Gasteiger partial charge in [0.05, 0.1) is 11.8 Å². The van der Waals surface area contributed by atoms with Crippen LogP contribution in [0.15, 0.2) is 88.9 Å². The van der Waals surface area contributed by atoms with E-state index in [1.165, 1.54) is 11.9 Å². The first-order valence-electron chi connectivity index (χ1n) is 9.53. The number of hydrazone groups is 1. The first kappa shape index (κ1) is 21.6. The summed E-state index contributed by atoms with van der Waals surface area (Å²) >= 11 is 4.08. The van der Waals surface area contributed by atoms with E-state index in [1.54, 1.807) is 0 Å². The van der Waals surface area contributed by atoms with Crippen LogP contribution in [0.4, 0.5) is 11.4 Å². The lowest BCUT2D eigenvalue weighted by Gasteiger charge is -2.20. The van der Waals surface area contributed by atoms with Crippen molar-refractivity contribution in [2.75, 3.05) is 5.73 Å². The monoisotopic (exact) mass is 421 g/mol. The van der Waals surface area contributed by atoms with Gasteiger partial charge in [0.2, 0.25) is 5.91 Å². The van der Waals surface area contributed by atoms with Gasteiger partial charge in [0.1, 0.15) is 0 Å². The Bertz CT molecular complexity index is 1020. The molecule has 0 aliphatic carbocycles. The molecule has 30 heavy (non-hydrogen) atoms. The Kier molecular flexibility index (Phi) is 7.24. The molecule has 1 aliphatic rings. The van der Waals surface area contributed by atoms with E-state index in [0.717, 1.165) is 27.2 Å². The van der Waals surface area contributed by atoms with Crippen molar-refractivity contribution in [1.82, 2.24) is 5.01 Å². The number of para-hydroxylation sites is 1. The second-order valence-corrected chi connectivity index (χ2v) is 7.36. The van der Waals surface area contributed by atoms with Gasteiger partial charge >= 0.3 is 0 Å². The summed E-state index contributed by atoms with van der Waals surface area (Å²) in [5, 5.41) is 15.4. The summed E-state index contributed by atoms with van der Waals surface area (Å²) < 4.78 is 0. The number of benzene rings is 3. The largest absolute Gasteiger partial charge is 0.399 e. The third-order valence-electron chi connectivity index (χ3n) is 4.73. The Morgan fingerprint density at radius 3 is 2.27 bits per heavy atom. The lowest BCUT2D eigenvalue weighted by Crippen LogP contribution is -2.74. The summed E-state index contributed by atoms with van der Waals surface area (Å²) in [5.41, 5.74) is 10.8. The lowest BCUT2D eigenvalue weighted by molar-refractivity contribution is -0.826. The van der Waals surface area contributed by atoms with Crippen LogP contribution in [0, 0.1) is 0 Å².